The summed E-state index contributed by atoms with van der Waals surface area (Å²) >= 11 is 0. The number of para-hydroxylation sites is 1. The van der Waals surface area contributed by atoms with E-state index in [1.165, 1.54) is 0 Å². The Morgan fingerprint density at radius 3 is 2.68 bits per heavy atom. The molecule has 1 aliphatic heterocycles. The second-order valence-corrected chi connectivity index (χ2v) is 6.22. The SMILES string of the molecule is Cc1ccccc1O[C@@H]1CCN(C(=O)COc2ccc(CO)cc2)C1. The smallest absolute Gasteiger partial charge is 0.260 e. The number of ether oxygens (including phenoxy) is 2. The van der Waals surface area contributed by atoms with E-state index in [4.69, 9.17) is 14.6 Å². The molecule has 25 heavy (non-hydrogen) atoms. The minimum atomic E-state index is -0.0397. The summed E-state index contributed by atoms with van der Waals surface area (Å²) in [6, 6.07) is 15.0. The lowest BCUT2D eigenvalue weighted by atomic mass is 10.2. The predicted octanol–water partition coefficient (Wildman–Crippen LogP) is 2.55. The largest absolute Gasteiger partial charge is 0.488 e. The van der Waals surface area contributed by atoms with Crippen LogP contribution in [0.3, 0.4) is 0 Å². The summed E-state index contributed by atoms with van der Waals surface area (Å²) in [5.41, 5.74) is 1.91. The van der Waals surface area contributed by atoms with Crippen molar-refractivity contribution in [2.45, 2.75) is 26.1 Å². The molecule has 2 aromatic carbocycles. The highest BCUT2D eigenvalue weighted by Crippen LogP contribution is 2.22. The van der Waals surface area contributed by atoms with Gasteiger partial charge in [0.25, 0.3) is 5.91 Å². The van der Waals surface area contributed by atoms with Crippen LogP contribution < -0.4 is 9.47 Å². The lowest BCUT2D eigenvalue weighted by molar-refractivity contribution is -0.132. The van der Waals surface area contributed by atoms with E-state index in [-0.39, 0.29) is 25.2 Å². The van der Waals surface area contributed by atoms with Gasteiger partial charge in [0.15, 0.2) is 6.61 Å². The fraction of sp³-hybridized carbons (Fsp3) is 0.350. The van der Waals surface area contributed by atoms with Gasteiger partial charge in [-0.2, -0.15) is 0 Å². The number of carbonyl (C=O) groups excluding carboxylic acids is 1. The molecule has 0 radical (unpaired) electrons. The maximum Gasteiger partial charge on any atom is 0.260 e. The second kappa shape index (κ2) is 8.03. The van der Waals surface area contributed by atoms with Crippen LogP contribution in [0.2, 0.25) is 0 Å². The number of rotatable bonds is 6. The maximum absolute atomic E-state index is 12.3. The molecule has 1 atom stereocenters. The van der Waals surface area contributed by atoms with Crippen LogP contribution in [0.1, 0.15) is 17.5 Å². The van der Waals surface area contributed by atoms with Gasteiger partial charge in [0.1, 0.15) is 17.6 Å². The molecule has 2 aromatic rings. The zero-order valence-corrected chi connectivity index (χ0v) is 14.4. The van der Waals surface area contributed by atoms with Crippen molar-refractivity contribution in [1.82, 2.24) is 4.90 Å². The first-order chi connectivity index (χ1) is 12.2. The van der Waals surface area contributed by atoms with E-state index in [1.54, 1.807) is 29.2 Å². The summed E-state index contributed by atoms with van der Waals surface area (Å²) in [6.45, 7) is 3.29. The Kier molecular flexibility index (Phi) is 5.56. The first-order valence-electron chi connectivity index (χ1n) is 8.48. The summed E-state index contributed by atoms with van der Waals surface area (Å²) in [4.78, 5) is 14.1. The van der Waals surface area contributed by atoms with Crippen molar-refractivity contribution in [1.29, 1.82) is 0 Å². The number of hydrogen-bond acceptors (Lipinski definition) is 4. The van der Waals surface area contributed by atoms with E-state index >= 15 is 0 Å². The van der Waals surface area contributed by atoms with E-state index in [0.717, 1.165) is 23.3 Å². The van der Waals surface area contributed by atoms with E-state index < -0.39 is 0 Å². The number of amides is 1. The molecule has 1 N–H and O–H groups in total. The molecule has 3 rings (SSSR count). The monoisotopic (exact) mass is 341 g/mol. The average Bonchev–Trinajstić information content (AvgIpc) is 3.11. The van der Waals surface area contributed by atoms with Crippen molar-refractivity contribution < 1.29 is 19.4 Å². The molecule has 1 saturated heterocycles. The van der Waals surface area contributed by atoms with Crippen LogP contribution in [0.5, 0.6) is 11.5 Å². The fourth-order valence-corrected chi connectivity index (χ4v) is 2.85. The Labute approximate surface area is 147 Å². The molecule has 0 aliphatic carbocycles. The molecular weight excluding hydrogens is 318 g/mol. The first-order valence-corrected chi connectivity index (χ1v) is 8.48. The lowest BCUT2D eigenvalue weighted by Gasteiger charge is -2.18. The molecule has 5 nitrogen and oxygen atoms in total. The maximum atomic E-state index is 12.3. The Hall–Kier alpha value is -2.53. The van der Waals surface area contributed by atoms with E-state index in [0.29, 0.717) is 18.8 Å². The molecule has 1 aliphatic rings. The molecule has 1 fully saturated rings. The summed E-state index contributed by atoms with van der Waals surface area (Å²) < 4.78 is 11.6. The quantitative estimate of drug-likeness (QED) is 0.877. The fourth-order valence-electron chi connectivity index (χ4n) is 2.85. The van der Waals surface area contributed by atoms with Crippen LogP contribution in [0.15, 0.2) is 48.5 Å². The van der Waals surface area contributed by atoms with E-state index in [2.05, 4.69) is 0 Å². The van der Waals surface area contributed by atoms with Gasteiger partial charge in [-0.1, -0.05) is 30.3 Å². The van der Waals surface area contributed by atoms with E-state index in [9.17, 15) is 4.79 Å². The first kappa shape index (κ1) is 17.3. The lowest BCUT2D eigenvalue weighted by Crippen LogP contribution is -2.34. The summed E-state index contributed by atoms with van der Waals surface area (Å²) in [5, 5.41) is 9.02. The number of carbonyl (C=O) groups is 1. The third-order valence-electron chi connectivity index (χ3n) is 4.35. The van der Waals surface area contributed by atoms with Gasteiger partial charge in [0.2, 0.25) is 0 Å². The van der Waals surface area contributed by atoms with Gasteiger partial charge in [0.05, 0.1) is 13.2 Å². The highest BCUT2D eigenvalue weighted by atomic mass is 16.5. The minimum Gasteiger partial charge on any atom is -0.488 e. The van der Waals surface area contributed by atoms with Crippen molar-refractivity contribution in [3.63, 3.8) is 0 Å². The Balaban J connectivity index is 1.48. The van der Waals surface area contributed by atoms with Gasteiger partial charge < -0.3 is 19.5 Å². The summed E-state index contributed by atoms with van der Waals surface area (Å²) in [6.07, 6.45) is 0.847. The molecule has 0 unspecified atom stereocenters. The van der Waals surface area contributed by atoms with Gasteiger partial charge in [-0.15, -0.1) is 0 Å². The van der Waals surface area contributed by atoms with Crippen molar-refractivity contribution in [3.8, 4) is 11.5 Å². The standard InChI is InChI=1S/C20H23NO4/c1-15-4-2-3-5-19(15)25-18-10-11-21(12-18)20(23)14-24-17-8-6-16(13-22)7-9-17/h2-9,18,22H,10-14H2,1H3/t18-/m1/s1. The van der Waals surface area contributed by atoms with Crippen molar-refractivity contribution in [3.05, 3.63) is 59.7 Å². The van der Waals surface area contributed by atoms with E-state index in [1.807, 2.05) is 31.2 Å². The van der Waals surface area contributed by atoms with Crippen LogP contribution in [-0.4, -0.2) is 41.7 Å². The molecule has 0 spiro atoms. The zero-order valence-electron chi connectivity index (χ0n) is 14.4. The predicted molar refractivity (Wildman–Crippen MR) is 94.7 cm³/mol. The van der Waals surface area contributed by atoms with Gasteiger partial charge in [-0.05, 0) is 36.2 Å². The van der Waals surface area contributed by atoms with Gasteiger partial charge >= 0.3 is 0 Å². The molecular formula is C20H23NO4. The van der Waals surface area contributed by atoms with Crippen LogP contribution >= 0.6 is 0 Å². The number of aliphatic hydroxyl groups excluding tert-OH is 1. The Morgan fingerprint density at radius 1 is 1.20 bits per heavy atom. The van der Waals surface area contributed by atoms with Gasteiger partial charge in [-0.25, -0.2) is 0 Å². The average molecular weight is 341 g/mol. The van der Waals surface area contributed by atoms with Crippen LogP contribution in [0.4, 0.5) is 0 Å². The molecule has 5 heteroatoms. The van der Waals surface area contributed by atoms with Crippen molar-refractivity contribution in [2.24, 2.45) is 0 Å². The van der Waals surface area contributed by atoms with Crippen molar-refractivity contribution >= 4 is 5.91 Å². The highest BCUT2D eigenvalue weighted by molar-refractivity contribution is 5.78. The third kappa shape index (κ3) is 4.51. The normalized spacial score (nSPS) is 16.7. The molecule has 132 valence electrons. The van der Waals surface area contributed by atoms with Gasteiger partial charge in [-0.3, -0.25) is 4.79 Å². The van der Waals surface area contributed by atoms with Crippen molar-refractivity contribution in [2.75, 3.05) is 19.7 Å². The number of benzene rings is 2. The number of nitrogens with zero attached hydrogens (tertiary/aromatic N) is 1. The highest BCUT2D eigenvalue weighted by Gasteiger charge is 2.28. The zero-order chi connectivity index (χ0) is 17.6. The second-order valence-electron chi connectivity index (χ2n) is 6.22. The Morgan fingerprint density at radius 2 is 1.96 bits per heavy atom. The number of likely N-dealkylation sites (tertiary alicyclic amines) is 1. The summed E-state index contributed by atoms with van der Waals surface area (Å²) in [5.74, 6) is 1.46. The number of hydrogen-bond donors (Lipinski definition) is 1. The molecule has 0 aromatic heterocycles. The third-order valence-corrected chi connectivity index (χ3v) is 4.35. The van der Waals surface area contributed by atoms with Gasteiger partial charge in [0, 0.05) is 13.0 Å². The molecule has 1 amide bonds. The Bertz CT molecular complexity index is 714. The van der Waals surface area contributed by atoms with Crippen LogP contribution in [0, 0.1) is 6.92 Å². The number of aryl methyl sites for hydroxylation is 1. The van der Waals surface area contributed by atoms with Crippen LogP contribution in [0.25, 0.3) is 0 Å². The topological polar surface area (TPSA) is 59.0 Å². The molecule has 1 heterocycles. The summed E-state index contributed by atoms with van der Waals surface area (Å²) in [7, 11) is 0. The minimum absolute atomic E-state index is 0.00470. The van der Waals surface area contributed by atoms with Crippen LogP contribution in [-0.2, 0) is 11.4 Å². The molecule has 0 saturated carbocycles. The molecule has 0 bridgehead atoms. The number of aliphatic hydroxyl groups is 1.